The Hall–Kier alpha value is -3.41. The number of rotatable bonds is 7. The van der Waals surface area contributed by atoms with E-state index in [0.717, 1.165) is 4.68 Å². The van der Waals surface area contributed by atoms with Crippen LogP contribution in [0.25, 0.3) is 11.3 Å². The van der Waals surface area contributed by atoms with E-state index in [1.807, 2.05) is 5.32 Å². The zero-order chi connectivity index (χ0) is 22.8. The van der Waals surface area contributed by atoms with E-state index in [0.29, 0.717) is 22.6 Å². The van der Waals surface area contributed by atoms with Gasteiger partial charge >= 0.3 is 6.18 Å². The Morgan fingerprint density at radius 3 is 2.65 bits per heavy atom. The van der Waals surface area contributed by atoms with Gasteiger partial charge in [-0.1, -0.05) is 5.16 Å². The van der Waals surface area contributed by atoms with E-state index in [4.69, 9.17) is 14.4 Å². The first kappa shape index (κ1) is 22.3. The number of hydrogen-bond acceptors (Lipinski definition) is 6. The number of benzene rings is 1. The number of halogens is 4. The monoisotopic (exact) mass is 442 g/mol. The Morgan fingerprint density at radius 1 is 1.32 bits per heavy atom. The molecule has 3 rings (SSSR count). The number of carbonyl (C=O) groups is 1. The molecule has 0 radical (unpaired) electrons. The molecule has 2 heterocycles. The van der Waals surface area contributed by atoms with Crippen LogP contribution in [0.5, 0.6) is 5.88 Å². The number of carbonyl (C=O) groups excluding carboxylic acids is 1. The fourth-order valence-corrected chi connectivity index (χ4v) is 2.66. The smallest absolute Gasteiger partial charge is 0.416 e. The second kappa shape index (κ2) is 8.76. The average molecular weight is 442 g/mol. The van der Waals surface area contributed by atoms with Gasteiger partial charge in [-0.2, -0.15) is 13.2 Å². The third-order valence-electron chi connectivity index (χ3n) is 4.39. The van der Waals surface area contributed by atoms with Gasteiger partial charge in [0.1, 0.15) is 29.6 Å². The quantitative estimate of drug-likeness (QED) is 0.546. The van der Waals surface area contributed by atoms with Gasteiger partial charge in [0.15, 0.2) is 6.10 Å². The summed E-state index contributed by atoms with van der Waals surface area (Å²) in [5.74, 6) is -0.755. The van der Waals surface area contributed by atoms with Gasteiger partial charge < -0.3 is 19.7 Å². The number of hydrogen-bond donors (Lipinski definition) is 2. The zero-order valence-electron chi connectivity index (χ0n) is 16.4. The van der Waals surface area contributed by atoms with Gasteiger partial charge in [0, 0.05) is 18.7 Å². The summed E-state index contributed by atoms with van der Waals surface area (Å²) in [4.78, 5) is 12.1. The van der Waals surface area contributed by atoms with Crippen molar-refractivity contribution < 1.29 is 36.7 Å². The van der Waals surface area contributed by atoms with Crippen molar-refractivity contribution in [1.29, 1.82) is 0 Å². The minimum Gasteiger partial charge on any atom is -0.471 e. The van der Waals surface area contributed by atoms with Crippen LogP contribution in [-0.2, 0) is 13.7 Å². The molecule has 12 heteroatoms. The Labute approximate surface area is 173 Å². The maximum absolute atomic E-state index is 13.2. The number of aliphatic hydroxyl groups excluding tert-OH is 1. The molecule has 0 aliphatic heterocycles. The van der Waals surface area contributed by atoms with Gasteiger partial charge in [0.05, 0.1) is 12.1 Å². The molecule has 2 aromatic heterocycles. The summed E-state index contributed by atoms with van der Waals surface area (Å²) in [5, 5.41) is 18.9. The van der Waals surface area contributed by atoms with Crippen molar-refractivity contribution in [2.45, 2.75) is 25.8 Å². The van der Waals surface area contributed by atoms with E-state index < -0.39 is 30.5 Å². The highest BCUT2D eigenvalue weighted by molar-refractivity contribution is 5.92. The van der Waals surface area contributed by atoms with E-state index in [-0.39, 0.29) is 18.2 Å². The van der Waals surface area contributed by atoms with Crippen molar-refractivity contribution in [3.63, 3.8) is 0 Å². The highest BCUT2D eigenvalue weighted by Gasteiger charge is 2.38. The molecule has 0 saturated carbocycles. The summed E-state index contributed by atoms with van der Waals surface area (Å²) >= 11 is 0. The SMILES string of the molecule is Cc1onc(-c2ccc(F)cc2)c1COc1cc(C(=O)NC[C@H](O)C(F)(F)F)n(C)n1. The van der Waals surface area contributed by atoms with E-state index in [9.17, 15) is 22.4 Å². The molecule has 0 saturated heterocycles. The fourth-order valence-electron chi connectivity index (χ4n) is 2.66. The number of aliphatic hydroxyl groups is 1. The number of alkyl halides is 3. The van der Waals surface area contributed by atoms with Crippen molar-refractivity contribution in [3.8, 4) is 17.1 Å². The zero-order valence-corrected chi connectivity index (χ0v) is 16.4. The van der Waals surface area contributed by atoms with Crippen LogP contribution in [0.3, 0.4) is 0 Å². The molecule has 0 fully saturated rings. The molecule has 1 aromatic carbocycles. The van der Waals surface area contributed by atoms with Crippen LogP contribution in [0, 0.1) is 12.7 Å². The van der Waals surface area contributed by atoms with Gasteiger partial charge in [-0.15, -0.1) is 5.10 Å². The summed E-state index contributed by atoms with van der Waals surface area (Å²) in [5.41, 5.74) is 1.58. The van der Waals surface area contributed by atoms with Gasteiger partial charge in [-0.05, 0) is 31.2 Å². The van der Waals surface area contributed by atoms with Crippen LogP contribution < -0.4 is 10.1 Å². The highest BCUT2D eigenvalue weighted by atomic mass is 19.4. The van der Waals surface area contributed by atoms with Crippen LogP contribution in [-0.4, -0.2) is 44.8 Å². The molecule has 31 heavy (non-hydrogen) atoms. The maximum Gasteiger partial charge on any atom is 0.416 e. The molecule has 0 aliphatic carbocycles. The lowest BCUT2D eigenvalue weighted by atomic mass is 10.1. The minimum atomic E-state index is -4.84. The summed E-state index contributed by atoms with van der Waals surface area (Å²) in [6.45, 7) is 0.638. The van der Waals surface area contributed by atoms with E-state index in [1.54, 1.807) is 6.92 Å². The summed E-state index contributed by atoms with van der Waals surface area (Å²) in [6, 6.07) is 6.88. The van der Waals surface area contributed by atoms with Crippen molar-refractivity contribution in [2.24, 2.45) is 7.05 Å². The Morgan fingerprint density at radius 2 is 2.00 bits per heavy atom. The molecule has 0 aliphatic rings. The Kier molecular flexibility index (Phi) is 6.29. The summed E-state index contributed by atoms with van der Waals surface area (Å²) in [6.07, 6.45) is -7.52. The number of aromatic nitrogens is 3. The van der Waals surface area contributed by atoms with E-state index >= 15 is 0 Å². The van der Waals surface area contributed by atoms with Gasteiger partial charge in [0.2, 0.25) is 5.88 Å². The van der Waals surface area contributed by atoms with Crippen LogP contribution in [0.2, 0.25) is 0 Å². The lowest BCUT2D eigenvalue weighted by molar-refractivity contribution is -0.201. The van der Waals surface area contributed by atoms with Crippen molar-refractivity contribution in [2.75, 3.05) is 6.54 Å². The molecular weight excluding hydrogens is 424 g/mol. The normalized spacial score (nSPS) is 12.6. The Balaban J connectivity index is 1.68. The first-order valence-corrected chi connectivity index (χ1v) is 8.97. The van der Waals surface area contributed by atoms with Gasteiger partial charge in [-0.3, -0.25) is 9.48 Å². The molecule has 166 valence electrons. The average Bonchev–Trinajstić information content (AvgIpc) is 3.26. The fraction of sp³-hybridized carbons (Fsp3) is 0.316. The van der Waals surface area contributed by atoms with Crippen molar-refractivity contribution in [3.05, 3.63) is 53.2 Å². The van der Waals surface area contributed by atoms with E-state index in [2.05, 4.69) is 10.3 Å². The number of ether oxygens (including phenoxy) is 1. The number of nitrogens with one attached hydrogen (secondary N) is 1. The molecule has 3 aromatic rings. The van der Waals surface area contributed by atoms with Crippen molar-refractivity contribution in [1.82, 2.24) is 20.3 Å². The predicted octanol–water partition coefficient (Wildman–Crippen LogP) is 2.75. The number of nitrogens with zero attached hydrogens (tertiary/aromatic N) is 3. The standard InChI is InChI=1S/C19H18F4N4O4/c1-10-13(17(26-31-10)11-3-5-12(20)6-4-11)9-30-16-7-14(27(2)25-16)18(29)24-8-15(28)19(21,22)23/h3-7,15,28H,8-9H2,1-2H3,(H,24,29)/t15-/m0/s1. The first-order valence-electron chi connectivity index (χ1n) is 8.97. The summed E-state index contributed by atoms with van der Waals surface area (Å²) < 4.78 is 62.1. The molecule has 0 bridgehead atoms. The third kappa shape index (κ3) is 5.20. The second-order valence-electron chi connectivity index (χ2n) is 6.62. The molecule has 8 nitrogen and oxygen atoms in total. The van der Waals surface area contributed by atoms with Crippen LogP contribution in [0.4, 0.5) is 17.6 Å². The molecule has 0 spiro atoms. The van der Waals surface area contributed by atoms with E-state index in [1.165, 1.54) is 37.4 Å². The number of aryl methyl sites for hydroxylation is 2. The largest absolute Gasteiger partial charge is 0.471 e. The highest BCUT2D eigenvalue weighted by Crippen LogP contribution is 2.27. The molecular formula is C19H18F4N4O4. The maximum atomic E-state index is 13.2. The topological polar surface area (TPSA) is 102 Å². The lowest BCUT2D eigenvalue weighted by Gasteiger charge is -2.14. The molecule has 0 unspecified atom stereocenters. The second-order valence-corrected chi connectivity index (χ2v) is 6.62. The Bertz CT molecular complexity index is 1060. The van der Waals surface area contributed by atoms with Gasteiger partial charge in [-0.25, -0.2) is 4.39 Å². The number of amides is 1. The molecule has 2 N–H and O–H groups in total. The van der Waals surface area contributed by atoms with Gasteiger partial charge in [0.25, 0.3) is 5.91 Å². The van der Waals surface area contributed by atoms with Crippen LogP contribution in [0.15, 0.2) is 34.9 Å². The van der Waals surface area contributed by atoms with Crippen LogP contribution in [0.1, 0.15) is 21.8 Å². The van der Waals surface area contributed by atoms with Crippen LogP contribution >= 0.6 is 0 Å². The third-order valence-corrected chi connectivity index (χ3v) is 4.39. The summed E-state index contributed by atoms with van der Waals surface area (Å²) in [7, 11) is 1.41. The minimum absolute atomic E-state index is 0.0348. The first-order chi connectivity index (χ1) is 14.6. The predicted molar refractivity (Wildman–Crippen MR) is 98.6 cm³/mol. The van der Waals surface area contributed by atoms with Crippen molar-refractivity contribution >= 4 is 5.91 Å². The molecule has 1 atom stereocenters. The molecule has 1 amide bonds. The lowest BCUT2D eigenvalue weighted by Crippen LogP contribution is -2.41.